The van der Waals surface area contributed by atoms with E-state index in [1.807, 2.05) is 26.0 Å². The maximum absolute atomic E-state index is 12.2. The van der Waals surface area contributed by atoms with Crippen molar-refractivity contribution >= 4 is 66.5 Å². The highest BCUT2D eigenvalue weighted by atomic mass is 79.9. The Morgan fingerprint density at radius 3 is 2.48 bits per heavy atom. The van der Waals surface area contributed by atoms with Crippen molar-refractivity contribution in [2.45, 2.75) is 13.8 Å². The summed E-state index contributed by atoms with van der Waals surface area (Å²) in [5.41, 5.74) is 3.81. The van der Waals surface area contributed by atoms with E-state index in [1.54, 1.807) is 24.3 Å². The smallest absolute Gasteiger partial charge is 0.264 e. The van der Waals surface area contributed by atoms with Gasteiger partial charge in [0.25, 0.3) is 5.91 Å². The molecule has 0 unspecified atom stereocenters. The number of halogens is 2. The first-order chi connectivity index (χ1) is 11.8. The van der Waals surface area contributed by atoms with E-state index in [-0.39, 0.29) is 11.7 Å². The predicted octanol–water partition coefficient (Wildman–Crippen LogP) is 5.43. The molecule has 25 heavy (non-hydrogen) atoms. The number of thioether (sulfide) groups is 1. The van der Waals surface area contributed by atoms with Crippen molar-refractivity contribution in [1.29, 1.82) is 0 Å². The Morgan fingerprint density at radius 2 is 1.84 bits per heavy atom. The lowest BCUT2D eigenvalue weighted by Gasteiger charge is -2.04. The quantitative estimate of drug-likeness (QED) is 0.562. The van der Waals surface area contributed by atoms with Gasteiger partial charge in [-0.1, -0.05) is 22.0 Å². The van der Waals surface area contributed by atoms with Gasteiger partial charge in [-0.3, -0.25) is 4.79 Å². The van der Waals surface area contributed by atoms with Crippen molar-refractivity contribution in [3.63, 3.8) is 0 Å². The van der Waals surface area contributed by atoms with Crippen LogP contribution in [0, 0.1) is 13.8 Å². The van der Waals surface area contributed by atoms with Crippen LogP contribution in [0.2, 0.25) is 0 Å². The van der Waals surface area contributed by atoms with Crippen LogP contribution in [-0.4, -0.2) is 16.2 Å². The summed E-state index contributed by atoms with van der Waals surface area (Å²) in [5.74, 6) is -0.0209. The summed E-state index contributed by atoms with van der Waals surface area (Å²) in [6.45, 7) is 4.02. The van der Waals surface area contributed by atoms with Crippen molar-refractivity contribution in [1.82, 2.24) is 5.32 Å². The maximum Gasteiger partial charge on any atom is 0.264 e. The number of carbonyl (C=O) groups is 1. The van der Waals surface area contributed by atoms with E-state index < -0.39 is 0 Å². The number of aliphatic imine (C=N–C) groups is 1. The Balaban J connectivity index is 1.87. The van der Waals surface area contributed by atoms with Crippen LogP contribution in [-0.2, 0) is 4.79 Å². The number of hydrogen-bond acceptors (Lipinski definition) is 4. The average molecular weight is 482 g/mol. The van der Waals surface area contributed by atoms with Crippen molar-refractivity contribution in [3.05, 3.63) is 60.9 Å². The van der Waals surface area contributed by atoms with Crippen molar-refractivity contribution < 1.29 is 9.90 Å². The van der Waals surface area contributed by atoms with Crippen LogP contribution in [0.3, 0.4) is 0 Å². The normalized spacial score (nSPS) is 17.4. The highest BCUT2D eigenvalue weighted by Gasteiger charge is 2.24. The van der Waals surface area contributed by atoms with Gasteiger partial charge in [0.05, 0.1) is 15.1 Å². The SMILES string of the molecule is Cc1cc(N=C2NC(=O)/C(=C/c3ccc(O)c(Br)c3)S2)cc(C)c1Br. The molecule has 0 spiro atoms. The van der Waals surface area contributed by atoms with Crippen LogP contribution in [0.1, 0.15) is 16.7 Å². The van der Waals surface area contributed by atoms with Crippen molar-refractivity contribution in [3.8, 4) is 5.75 Å². The van der Waals surface area contributed by atoms with Crippen molar-refractivity contribution in [2.75, 3.05) is 0 Å². The molecule has 7 heteroatoms. The fourth-order valence-electron chi connectivity index (χ4n) is 2.35. The van der Waals surface area contributed by atoms with Gasteiger partial charge in [-0.05, 0) is 88.6 Å². The van der Waals surface area contributed by atoms with E-state index in [1.165, 1.54) is 11.8 Å². The summed E-state index contributed by atoms with van der Waals surface area (Å²) in [4.78, 5) is 17.3. The molecule has 1 fully saturated rings. The highest BCUT2D eigenvalue weighted by molar-refractivity contribution is 9.10. The molecule has 2 aromatic rings. The highest BCUT2D eigenvalue weighted by Crippen LogP contribution is 2.32. The number of nitrogens with one attached hydrogen (secondary N) is 1. The molecule has 1 aliphatic rings. The van der Waals surface area contributed by atoms with Gasteiger partial charge < -0.3 is 10.4 Å². The summed E-state index contributed by atoms with van der Waals surface area (Å²) in [7, 11) is 0. The van der Waals surface area contributed by atoms with Crippen LogP contribution in [0.25, 0.3) is 6.08 Å². The van der Waals surface area contributed by atoms with Crippen LogP contribution >= 0.6 is 43.6 Å². The fourth-order valence-corrected chi connectivity index (χ4v) is 3.82. The number of amidine groups is 1. The summed E-state index contributed by atoms with van der Waals surface area (Å²) in [6, 6.07) is 9.02. The second kappa shape index (κ2) is 7.35. The number of hydrogen-bond donors (Lipinski definition) is 2. The number of aromatic hydroxyl groups is 1. The molecule has 1 heterocycles. The van der Waals surface area contributed by atoms with Gasteiger partial charge in [-0.2, -0.15) is 0 Å². The Kier molecular flexibility index (Phi) is 5.36. The molecule has 128 valence electrons. The minimum Gasteiger partial charge on any atom is -0.507 e. The first-order valence-corrected chi connectivity index (χ1v) is 9.78. The topological polar surface area (TPSA) is 61.7 Å². The molecule has 0 aromatic heterocycles. The standard InChI is InChI=1S/C18H14Br2N2O2S/c1-9-5-12(6-10(2)16(9)20)21-18-22-17(24)15(25-18)8-11-3-4-14(23)13(19)7-11/h3-8,23H,1-2H3,(H,21,22,24)/b15-8-. The molecule has 1 aliphatic heterocycles. The van der Waals surface area contributed by atoms with E-state index >= 15 is 0 Å². The van der Waals surface area contributed by atoms with Gasteiger partial charge in [-0.25, -0.2) is 4.99 Å². The summed E-state index contributed by atoms with van der Waals surface area (Å²) >= 11 is 8.11. The Labute approximate surface area is 166 Å². The third-order valence-corrected chi connectivity index (χ3v) is 6.37. The van der Waals surface area contributed by atoms with Gasteiger partial charge in [-0.15, -0.1) is 0 Å². The molecule has 2 aromatic carbocycles. The van der Waals surface area contributed by atoms with E-state index in [0.717, 1.165) is 26.9 Å². The molecule has 3 rings (SSSR count). The first kappa shape index (κ1) is 18.2. The summed E-state index contributed by atoms with van der Waals surface area (Å²) in [6.07, 6.45) is 1.77. The van der Waals surface area contributed by atoms with E-state index in [4.69, 9.17) is 0 Å². The maximum atomic E-state index is 12.2. The van der Waals surface area contributed by atoms with Gasteiger partial charge in [0.2, 0.25) is 0 Å². The number of phenols is 1. The molecule has 1 saturated heterocycles. The molecule has 0 atom stereocenters. The molecule has 0 bridgehead atoms. The number of amides is 1. The molecule has 2 N–H and O–H groups in total. The Bertz CT molecular complexity index is 916. The monoisotopic (exact) mass is 480 g/mol. The second-order valence-electron chi connectivity index (χ2n) is 5.59. The molecule has 1 amide bonds. The van der Waals surface area contributed by atoms with E-state index in [9.17, 15) is 9.90 Å². The fraction of sp³-hybridized carbons (Fsp3) is 0.111. The second-order valence-corrected chi connectivity index (χ2v) is 8.26. The predicted molar refractivity (Wildman–Crippen MR) is 110 cm³/mol. The minimum absolute atomic E-state index is 0.161. The zero-order valence-corrected chi connectivity index (χ0v) is 17.4. The Hall–Kier alpha value is -1.57. The summed E-state index contributed by atoms with van der Waals surface area (Å²) in [5, 5.41) is 12.9. The molecule has 0 radical (unpaired) electrons. The average Bonchev–Trinajstić information content (AvgIpc) is 2.88. The minimum atomic E-state index is -0.182. The van der Waals surface area contributed by atoms with Crippen molar-refractivity contribution in [2.24, 2.45) is 4.99 Å². The van der Waals surface area contributed by atoms with Gasteiger partial charge in [0.15, 0.2) is 5.17 Å². The van der Waals surface area contributed by atoms with Gasteiger partial charge in [0, 0.05) is 4.47 Å². The Morgan fingerprint density at radius 1 is 1.16 bits per heavy atom. The molecule has 0 aliphatic carbocycles. The number of rotatable bonds is 2. The molecule has 0 saturated carbocycles. The molecule has 4 nitrogen and oxygen atoms in total. The lowest BCUT2D eigenvalue weighted by Crippen LogP contribution is -2.19. The van der Waals surface area contributed by atoms with Gasteiger partial charge in [0.1, 0.15) is 5.75 Å². The molecular weight excluding hydrogens is 468 g/mol. The lowest BCUT2D eigenvalue weighted by molar-refractivity contribution is -0.115. The lowest BCUT2D eigenvalue weighted by atomic mass is 10.1. The number of aryl methyl sites for hydroxylation is 2. The number of nitrogens with zero attached hydrogens (tertiary/aromatic N) is 1. The third-order valence-electron chi connectivity index (χ3n) is 3.57. The number of phenolic OH excluding ortho intramolecular Hbond substituents is 1. The van der Waals surface area contributed by atoms with Crippen LogP contribution in [0.5, 0.6) is 5.75 Å². The van der Waals surface area contributed by atoms with E-state index in [2.05, 4.69) is 42.2 Å². The van der Waals surface area contributed by atoms with Crippen LogP contribution in [0.4, 0.5) is 5.69 Å². The number of carbonyl (C=O) groups excluding carboxylic acids is 1. The number of benzene rings is 2. The zero-order chi connectivity index (χ0) is 18.1. The summed E-state index contributed by atoms with van der Waals surface area (Å²) < 4.78 is 1.65. The molecular formula is C18H14Br2N2O2S. The first-order valence-electron chi connectivity index (χ1n) is 7.38. The van der Waals surface area contributed by atoms with Crippen LogP contribution < -0.4 is 5.32 Å². The third kappa shape index (κ3) is 4.16. The van der Waals surface area contributed by atoms with E-state index in [0.29, 0.717) is 14.5 Å². The van der Waals surface area contributed by atoms with Gasteiger partial charge >= 0.3 is 0 Å². The van der Waals surface area contributed by atoms with Crippen LogP contribution in [0.15, 0.2) is 49.2 Å². The largest absolute Gasteiger partial charge is 0.507 e. The zero-order valence-electron chi connectivity index (χ0n) is 13.4.